The van der Waals surface area contributed by atoms with Crippen LogP contribution in [0.25, 0.3) is 0 Å². The van der Waals surface area contributed by atoms with Gasteiger partial charge in [-0.05, 0) is 0 Å². The molecule has 0 saturated heterocycles. The quantitative estimate of drug-likeness (QED) is 0.689. The number of aliphatic carboxylic acids is 1. The predicted octanol–water partition coefficient (Wildman–Crippen LogP) is -0.837. The van der Waals surface area contributed by atoms with E-state index in [9.17, 15) is 31.2 Å². The van der Waals surface area contributed by atoms with Crippen LogP contribution < -0.4 is 5.32 Å². The van der Waals surface area contributed by atoms with Gasteiger partial charge in [0.1, 0.15) is 15.9 Å². The maximum Gasteiger partial charge on any atom is 0.471 e. The molecule has 0 aromatic carbocycles. The molecule has 1 amide bonds. The van der Waals surface area contributed by atoms with Gasteiger partial charge in [-0.2, -0.15) is 13.2 Å². The van der Waals surface area contributed by atoms with Crippen molar-refractivity contribution in [3.63, 3.8) is 0 Å². The molecule has 16 heavy (non-hydrogen) atoms. The number of nitrogens with one attached hydrogen (secondary N) is 1. The molecule has 0 aromatic rings. The number of alkyl halides is 3. The molecule has 0 bridgehead atoms. The third-order valence-electron chi connectivity index (χ3n) is 1.33. The Bertz CT molecular complexity index is 387. The monoisotopic (exact) mass is 263 g/mol. The first kappa shape index (κ1) is 14.7. The maximum absolute atomic E-state index is 11.8. The van der Waals surface area contributed by atoms with E-state index >= 15 is 0 Å². The van der Waals surface area contributed by atoms with E-state index in [1.807, 2.05) is 0 Å². The summed E-state index contributed by atoms with van der Waals surface area (Å²) in [5, 5.41) is 9.47. The third-order valence-corrected chi connectivity index (χ3v) is 2.27. The highest BCUT2D eigenvalue weighted by Gasteiger charge is 2.41. The molecule has 0 radical (unpaired) electrons. The highest BCUT2D eigenvalue weighted by molar-refractivity contribution is 7.90. The number of carboxylic acids is 1. The Kier molecular flexibility index (Phi) is 4.29. The fourth-order valence-electron chi connectivity index (χ4n) is 0.718. The molecule has 0 aliphatic heterocycles. The van der Waals surface area contributed by atoms with Gasteiger partial charge < -0.3 is 10.4 Å². The molecule has 10 heteroatoms. The Morgan fingerprint density at radius 2 is 1.81 bits per heavy atom. The first-order chi connectivity index (χ1) is 6.93. The summed E-state index contributed by atoms with van der Waals surface area (Å²) in [6.07, 6.45) is -4.62. The second kappa shape index (κ2) is 4.68. The summed E-state index contributed by atoms with van der Waals surface area (Å²) in [6, 6.07) is -2.12. The molecular weight excluding hydrogens is 255 g/mol. The highest BCUT2D eigenvalue weighted by Crippen LogP contribution is 2.14. The standard InChI is InChI=1S/C6H8F3NO5S/c1-16(14,15)2-3(4(11)12)10-5(13)6(7,8)9/h3H,2H2,1H3,(H,10,13)(H,11,12)/t3-/m0/s1. The van der Waals surface area contributed by atoms with Gasteiger partial charge in [0.2, 0.25) is 0 Å². The zero-order valence-electron chi connectivity index (χ0n) is 7.91. The lowest BCUT2D eigenvalue weighted by Gasteiger charge is -2.14. The topological polar surface area (TPSA) is 101 Å². The van der Waals surface area contributed by atoms with Crippen LogP contribution in [-0.2, 0) is 19.4 Å². The fraction of sp³-hybridized carbons (Fsp3) is 0.667. The molecule has 0 unspecified atom stereocenters. The summed E-state index contributed by atoms with van der Waals surface area (Å²) < 4.78 is 56.6. The Morgan fingerprint density at radius 1 is 1.38 bits per heavy atom. The van der Waals surface area contributed by atoms with Gasteiger partial charge in [-0.1, -0.05) is 0 Å². The van der Waals surface area contributed by atoms with Crippen LogP contribution in [0.5, 0.6) is 0 Å². The van der Waals surface area contributed by atoms with Crippen LogP contribution >= 0.6 is 0 Å². The van der Waals surface area contributed by atoms with Gasteiger partial charge in [0.05, 0.1) is 5.75 Å². The second-order valence-electron chi connectivity index (χ2n) is 2.95. The average Bonchev–Trinajstić information content (AvgIpc) is 1.98. The van der Waals surface area contributed by atoms with Crippen LogP contribution in [0.15, 0.2) is 0 Å². The molecule has 0 aliphatic rings. The summed E-state index contributed by atoms with van der Waals surface area (Å²) in [6.45, 7) is 0. The molecular formula is C6H8F3NO5S. The number of carbonyl (C=O) groups is 2. The van der Waals surface area contributed by atoms with E-state index in [2.05, 4.69) is 0 Å². The van der Waals surface area contributed by atoms with E-state index in [1.54, 1.807) is 0 Å². The molecule has 1 atom stereocenters. The molecule has 0 spiro atoms. The number of halogens is 3. The molecule has 94 valence electrons. The number of rotatable bonds is 4. The van der Waals surface area contributed by atoms with Crippen molar-refractivity contribution in [1.29, 1.82) is 0 Å². The number of hydrogen-bond donors (Lipinski definition) is 2. The minimum atomic E-state index is -5.26. The van der Waals surface area contributed by atoms with Crippen molar-refractivity contribution in [1.82, 2.24) is 5.32 Å². The van der Waals surface area contributed by atoms with Crippen molar-refractivity contribution in [3.8, 4) is 0 Å². The summed E-state index contributed by atoms with van der Waals surface area (Å²) in [7, 11) is -3.82. The molecule has 0 heterocycles. The fourth-order valence-corrected chi connectivity index (χ4v) is 1.55. The Morgan fingerprint density at radius 3 is 2.06 bits per heavy atom. The second-order valence-corrected chi connectivity index (χ2v) is 5.14. The van der Waals surface area contributed by atoms with E-state index in [4.69, 9.17) is 5.11 Å². The number of carboxylic acid groups (broad SMARTS) is 1. The van der Waals surface area contributed by atoms with Gasteiger partial charge in [0.25, 0.3) is 0 Å². The zero-order chi connectivity index (χ0) is 13.1. The molecule has 2 N–H and O–H groups in total. The Hall–Kier alpha value is -1.32. The summed E-state index contributed by atoms with van der Waals surface area (Å²) in [5.41, 5.74) is 0. The average molecular weight is 263 g/mol. The van der Waals surface area contributed by atoms with E-state index in [0.29, 0.717) is 6.26 Å². The van der Waals surface area contributed by atoms with Crippen LogP contribution in [0.3, 0.4) is 0 Å². The summed E-state index contributed by atoms with van der Waals surface area (Å²) in [5.74, 6) is -5.46. The predicted molar refractivity (Wildman–Crippen MR) is 45.3 cm³/mol. The van der Waals surface area contributed by atoms with Gasteiger partial charge in [-0.15, -0.1) is 0 Å². The zero-order valence-corrected chi connectivity index (χ0v) is 8.72. The van der Waals surface area contributed by atoms with Gasteiger partial charge >= 0.3 is 18.1 Å². The van der Waals surface area contributed by atoms with Crippen LogP contribution in [-0.4, -0.2) is 49.6 Å². The van der Waals surface area contributed by atoms with Gasteiger partial charge in [-0.25, -0.2) is 13.2 Å². The van der Waals surface area contributed by atoms with E-state index in [0.717, 1.165) is 5.32 Å². The van der Waals surface area contributed by atoms with Crippen molar-refractivity contribution in [2.75, 3.05) is 12.0 Å². The lowest BCUT2D eigenvalue weighted by atomic mass is 10.3. The van der Waals surface area contributed by atoms with Crippen molar-refractivity contribution in [3.05, 3.63) is 0 Å². The van der Waals surface area contributed by atoms with Crippen LogP contribution in [0.4, 0.5) is 13.2 Å². The number of hydrogen-bond acceptors (Lipinski definition) is 4. The van der Waals surface area contributed by atoms with Gasteiger partial charge in [0, 0.05) is 6.26 Å². The van der Waals surface area contributed by atoms with E-state index in [1.165, 1.54) is 0 Å². The van der Waals surface area contributed by atoms with E-state index in [-0.39, 0.29) is 0 Å². The molecule has 0 saturated carbocycles. The molecule has 0 aromatic heterocycles. The van der Waals surface area contributed by atoms with Crippen molar-refractivity contribution >= 4 is 21.7 Å². The highest BCUT2D eigenvalue weighted by atomic mass is 32.2. The maximum atomic E-state index is 11.8. The van der Waals surface area contributed by atoms with Crippen LogP contribution in [0.2, 0.25) is 0 Å². The number of carbonyl (C=O) groups excluding carboxylic acids is 1. The van der Waals surface area contributed by atoms with Crippen LogP contribution in [0, 0.1) is 0 Å². The minimum Gasteiger partial charge on any atom is -0.480 e. The third kappa shape index (κ3) is 5.53. The molecule has 6 nitrogen and oxygen atoms in total. The van der Waals surface area contributed by atoms with Gasteiger partial charge in [-0.3, -0.25) is 4.79 Å². The molecule has 0 aliphatic carbocycles. The minimum absolute atomic E-state index is 0.642. The van der Waals surface area contributed by atoms with Gasteiger partial charge in [0.15, 0.2) is 0 Å². The van der Waals surface area contributed by atoms with Crippen molar-refractivity contribution in [2.45, 2.75) is 12.2 Å². The SMILES string of the molecule is CS(=O)(=O)C[C@H](NC(=O)C(F)(F)F)C(=O)O. The number of sulfone groups is 1. The molecule has 0 fully saturated rings. The largest absolute Gasteiger partial charge is 0.480 e. The van der Waals surface area contributed by atoms with Crippen LogP contribution in [0.1, 0.15) is 0 Å². The molecule has 0 rings (SSSR count). The number of amides is 1. The first-order valence-corrected chi connectivity index (χ1v) is 5.78. The lowest BCUT2D eigenvalue weighted by Crippen LogP contribution is -2.49. The summed E-state index contributed by atoms with van der Waals surface area (Å²) >= 11 is 0. The first-order valence-electron chi connectivity index (χ1n) is 3.71. The lowest BCUT2D eigenvalue weighted by molar-refractivity contribution is -0.175. The summed E-state index contributed by atoms with van der Waals surface area (Å²) in [4.78, 5) is 20.8. The van der Waals surface area contributed by atoms with Crippen molar-refractivity contribution < 1.29 is 36.3 Å². The smallest absolute Gasteiger partial charge is 0.471 e. The Labute approximate surface area is 88.4 Å². The van der Waals surface area contributed by atoms with E-state index < -0.39 is 39.7 Å². The van der Waals surface area contributed by atoms with Crippen molar-refractivity contribution in [2.24, 2.45) is 0 Å². The normalized spacial score (nSPS) is 14.2. The Balaban J connectivity index is 4.73.